The van der Waals surface area contributed by atoms with E-state index in [0.717, 1.165) is 0 Å². The molecule has 14 heavy (non-hydrogen) atoms. The summed E-state index contributed by atoms with van der Waals surface area (Å²) in [4.78, 5) is 10.8. The first kappa shape index (κ1) is 10.8. The molecule has 5 heteroatoms. The summed E-state index contributed by atoms with van der Waals surface area (Å²) in [5, 5.41) is 17.5. The average molecular weight is 230 g/mol. The lowest BCUT2D eigenvalue weighted by Crippen LogP contribution is -2.03. The molecular weight excluding hydrogens is 225 g/mol. The van der Waals surface area contributed by atoms with Crippen LogP contribution in [-0.4, -0.2) is 11.1 Å². The third kappa shape index (κ3) is 1.98. The number of nitrogens with zero attached hydrogens (tertiary/aromatic N) is 1. The molecule has 1 aromatic rings. The minimum Gasteiger partial charge on any atom is -0.478 e. The fourth-order valence-corrected chi connectivity index (χ4v) is 1.60. The zero-order valence-electron chi connectivity index (χ0n) is 6.92. The van der Waals surface area contributed by atoms with E-state index in [1.807, 2.05) is 6.07 Å². The molecule has 0 saturated carbocycles. The van der Waals surface area contributed by atoms with Crippen molar-refractivity contribution in [1.29, 1.82) is 5.26 Å². The lowest BCUT2D eigenvalue weighted by atomic mass is 10.1. The Balaban J connectivity index is 3.44. The van der Waals surface area contributed by atoms with Gasteiger partial charge in [-0.1, -0.05) is 11.6 Å². The van der Waals surface area contributed by atoms with Gasteiger partial charge in [0.05, 0.1) is 22.2 Å². The van der Waals surface area contributed by atoms with Crippen LogP contribution in [0.2, 0.25) is 5.02 Å². The van der Waals surface area contributed by atoms with Crippen molar-refractivity contribution < 1.29 is 9.90 Å². The average Bonchev–Trinajstić information content (AvgIpc) is 2.15. The van der Waals surface area contributed by atoms with E-state index in [1.165, 1.54) is 12.1 Å². The Morgan fingerprint density at radius 1 is 1.57 bits per heavy atom. The molecule has 0 fully saturated rings. The number of aromatic carboxylic acids is 1. The van der Waals surface area contributed by atoms with E-state index in [1.54, 1.807) is 0 Å². The van der Waals surface area contributed by atoms with Crippen LogP contribution in [0.25, 0.3) is 0 Å². The molecule has 0 heterocycles. The summed E-state index contributed by atoms with van der Waals surface area (Å²) in [7, 11) is 0. The van der Waals surface area contributed by atoms with Crippen LogP contribution >= 0.6 is 23.2 Å². The topological polar surface area (TPSA) is 61.1 Å². The molecule has 0 amide bonds. The van der Waals surface area contributed by atoms with E-state index < -0.39 is 5.97 Å². The minimum absolute atomic E-state index is 0.0108. The van der Waals surface area contributed by atoms with Gasteiger partial charge in [0.15, 0.2) is 0 Å². The van der Waals surface area contributed by atoms with Crippen molar-refractivity contribution in [1.82, 2.24) is 0 Å². The number of carboxylic acids is 1. The van der Waals surface area contributed by atoms with Crippen LogP contribution in [0.15, 0.2) is 12.1 Å². The highest BCUT2D eigenvalue weighted by molar-refractivity contribution is 6.34. The number of rotatable bonds is 2. The Labute approximate surface area is 90.5 Å². The Kier molecular flexibility index (Phi) is 3.34. The third-order valence-electron chi connectivity index (χ3n) is 1.66. The highest BCUT2D eigenvalue weighted by atomic mass is 35.5. The lowest BCUT2D eigenvalue weighted by Gasteiger charge is -2.05. The number of hydrogen-bond acceptors (Lipinski definition) is 2. The summed E-state index contributed by atoms with van der Waals surface area (Å²) in [5.41, 5.74) is 0.611. The van der Waals surface area contributed by atoms with Gasteiger partial charge < -0.3 is 5.11 Å². The molecule has 0 atom stereocenters. The summed E-state index contributed by atoms with van der Waals surface area (Å²) in [6.07, 6.45) is 0. The van der Waals surface area contributed by atoms with Gasteiger partial charge in [-0.3, -0.25) is 0 Å². The maximum absolute atomic E-state index is 10.8. The Hall–Kier alpha value is -1.24. The van der Waals surface area contributed by atoms with Crippen molar-refractivity contribution in [2.45, 2.75) is 5.88 Å². The van der Waals surface area contributed by atoms with Crippen LogP contribution in [0, 0.1) is 11.3 Å². The maximum Gasteiger partial charge on any atom is 0.337 e. The predicted octanol–water partition coefficient (Wildman–Crippen LogP) is 2.65. The van der Waals surface area contributed by atoms with E-state index in [0.29, 0.717) is 11.1 Å². The van der Waals surface area contributed by atoms with Gasteiger partial charge in [-0.15, -0.1) is 11.6 Å². The molecule has 72 valence electrons. The highest BCUT2D eigenvalue weighted by Crippen LogP contribution is 2.23. The standard InChI is InChI=1S/C9H5Cl2NO2/c10-3-6-1-5(4-12)2-7(11)8(6)9(13)14/h1-2H,3H2,(H,13,14). The first-order chi connectivity index (χ1) is 6.60. The fraction of sp³-hybridized carbons (Fsp3) is 0.111. The molecule has 0 unspecified atom stereocenters. The van der Waals surface area contributed by atoms with Crippen LogP contribution < -0.4 is 0 Å². The molecular formula is C9H5Cl2NO2. The molecule has 0 spiro atoms. The number of halogens is 2. The van der Waals surface area contributed by atoms with E-state index in [4.69, 9.17) is 33.6 Å². The van der Waals surface area contributed by atoms with Gasteiger partial charge in [-0.25, -0.2) is 4.79 Å². The summed E-state index contributed by atoms with van der Waals surface area (Å²) < 4.78 is 0. The second kappa shape index (κ2) is 4.32. The molecule has 3 nitrogen and oxygen atoms in total. The number of nitriles is 1. The van der Waals surface area contributed by atoms with Gasteiger partial charge in [-0.2, -0.15) is 5.26 Å². The van der Waals surface area contributed by atoms with Crippen molar-refractivity contribution >= 4 is 29.2 Å². The van der Waals surface area contributed by atoms with Crippen LogP contribution in [0.1, 0.15) is 21.5 Å². The van der Waals surface area contributed by atoms with E-state index in [-0.39, 0.29) is 16.5 Å². The molecule has 0 aliphatic rings. The summed E-state index contributed by atoms with van der Waals surface area (Å²) >= 11 is 11.2. The molecule has 0 saturated heterocycles. The highest BCUT2D eigenvalue weighted by Gasteiger charge is 2.15. The van der Waals surface area contributed by atoms with Crippen LogP contribution in [0.4, 0.5) is 0 Å². The van der Waals surface area contributed by atoms with Gasteiger partial charge in [0.25, 0.3) is 0 Å². The molecule has 1 aromatic carbocycles. The summed E-state index contributed by atoms with van der Waals surface area (Å²) in [6, 6.07) is 4.60. The van der Waals surface area contributed by atoms with Crippen LogP contribution in [0.5, 0.6) is 0 Å². The van der Waals surface area contributed by atoms with Crippen molar-refractivity contribution in [3.8, 4) is 6.07 Å². The molecule has 0 aromatic heterocycles. The monoisotopic (exact) mass is 229 g/mol. The summed E-state index contributed by atoms with van der Waals surface area (Å²) in [6.45, 7) is 0. The van der Waals surface area contributed by atoms with Crippen LogP contribution in [-0.2, 0) is 5.88 Å². The number of alkyl halides is 1. The van der Waals surface area contributed by atoms with E-state index in [9.17, 15) is 4.79 Å². The molecule has 1 N–H and O–H groups in total. The summed E-state index contributed by atoms with van der Waals surface area (Å²) in [5.74, 6) is -1.13. The van der Waals surface area contributed by atoms with Gasteiger partial charge in [0, 0.05) is 5.88 Å². The maximum atomic E-state index is 10.8. The van der Waals surface area contributed by atoms with Crippen LogP contribution in [0.3, 0.4) is 0 Å². The van der Waals surface area contributed by atoms with Gasteiger partial charge in [-0.05, 0) is 17.7 Å². The van der Waals surface area contributed by atoms with E-state index >= 15 is 0 Å². The van der Waals surface area contributed by atoms with Gasteiger partial charge in [0.1, 0.15) is 0 Å². The fourth-order valence-electron chi connectivity index (χ4n) is 1.07. The predicted molar refractivity (Wildman–Crippen MR) is 52.7 cm³/mol. The van der Waals surface area contributed by atoms with Gasteiger partial charge >= 0.3 is 5.97 Å². The molecule has 0 radical (unpaired) electrons. The number of carboxylic acid groups (broad SMARTS) is 1. The quantitative estimate of drug-likeness (QED) is 0.794. The molecule has 0 aliphatic heterocycles. The SMILES string of the molecule is N#Cc1cc(Cl)c(C(=O)O)c(CCl)c1. The molecule has 0 bridgehead atoms. The van der Waals surface area contributed by atoms with Crippen molar-refractivity contribution in [3.05, 3.63) is 33.8 Å². The second-order valence-corrected chi connectivity index (χ2v) is 3.22. The lowest BCUT2D eigenvalue weighted by molar-refractivity contribution is 0.0696. The third-order valence-corrected chi connectivity index (χ3v) is 2.24. The molecule has 1 rings (SSSR count). The number of benzene rings is 1. The first-order valence-electron chi connectivity index (χ1n) is 3.62. The van der Waals surface area contributed by atoms with Crippen molar-refractivity contribution in [2.24, 2.45) is 0 Å². The van der Waals surface area contributed by atoms with Crippen molar-refractivity contribution in [2.75, 3.05) is 0 Å². The number of carbonyl (C=O) groups is 1. The Bertz CT molecular complexity index is 424. The normalized spacial score (nSPS) is 9.50. The minimum atomic E-state index is -1.14. The zero-order chi connectivity index (χ0) is 10.7. The Morgan fingerprint density at radius 2 is 2.21 bits per heavy atom. The first-order valence-corrected chi connectivity index (χ1v) is 4.53. The zero-order valence-corrected chi connectivity index (χ0v) is 8.43. The van der Waals surface area contributed by atoms with Crippen molar-refractivity contribution in [3.63, 3.8) is 0 Å². The number of hydrogen-bond donors (Lipinski definition) is 1. The van der Waals surface area contributed by atoms with E-state index in [2.05, 4.69) is 0 Å². The largest absolute Gasteiger partial charge is 0.478 e. The second-order valence-electron chi connectivity index (χ2n) is 2.54. The smallest absolute Gasteiger partial charge is 0.337 e. The Morgan fingerprint density at radius 3 is 2.64 bits per heavy atom. The molecule has 0 aliphatic carbocycles. The van der Waals surface area contributed by atoms with Gasteiger partial charge in [0.2, 0.25) is 0 Å².